The van der Waals surface area contributed by atoms with E-state index in [1.807, 2.05) is 6.92 Å². The Hall–Kier alpha value is -4.05. The van der Waals surface area contributed by atoms with Crippen LogP contribution in [0.2, 0.25) is 0 Å². The van der Waals surface area contributed by atoms with Crippen LogP contribution >= 0.6 is 0 Å². The molecule has 2 rings (SSSR count). The summed E-state index contributed by atoms with van der Waals surface area (Å²) in [4.78, 5) is 40.0. The minimum atomic E-state index is -0.552. The number of likely N-dealkylation sites (N-methyl/N-ethyl adjacent to an activating group) is 1. The number of amides is 2. The Morgan fingerprint density at radius 1 is 0.884 bits per heavy atom. The number of aromatic hydroxyl groups is 1. The van der Waals surface area contributed by atoms with Gasteiger partial charge in [0.2, 0.25) is 11.7 Å². The highest BCUT2D eigenvalue weighted by Crippen LogP contribution is 2.37. The largest absolute Gasteiger partial charge is 0.502 e. The summed E-state index contributed by atoms with van der Waals surface area (Å²) in [7, 11) is 4.39. The number of hydrogen-bond donors (Lipinski definition) is 2. The van der Waals surface area contributed by atoms with Gasteiger partial charge in [0.1, 0.15) is 6.61 Å². The maximum absolute atomic E-state index is 13.0. The second-order valence-corrected chi connectivity index (χ2v) is 10.1. The quantitative estimate of drug-likeness (QED) is 0.109. The molecule has 236 valence electrons. The van der Waals surface area contributed by atoms with Gasteiger partial charge in [-0.25, -0.2) is 4.79 Å². The number of anilines is 2. The predicted molar refractivity (Wildman–Crippen MR) is 168 cm³/mol. The number of carbonyl (C=O) groups is 3. The van der Waals surface area contributed by atoms with E-state index < -0.39 is 11.9 Å². The Morgan fingerprint density at radius 2 is 1.53 bits per heavy atom. The molecule has 0 spiro atoms. The zero-order valence-electron chi connectivity index (χ0n) is 26.1. The molecular weight excluding hydrogens is 552 g/mol. The molecule has 2 amide bonds. The fourth-order valence-electron chi connectivity index (χ4n) is 4.19. The van der Waals surface area contributed by atoms with E-state index in [9.17, 15) is 19.5 Å². The summed E-state index contributed by atoms with van der Waals surface area (Å²) in [6, 6.07) is 7.78. The number of unbranched alkanes of at least 4 members (excludes halogenated alkanes) is 6. The highest BCUT2D eigenvalue weighted by atomic mass is 16.5. The van der Waals surface area contributed by atoms with Crippen LogP contribution < -0.4 is 19.7 Å². The Labute approximate surface area is 255 Å². The fourth-order valence-corrected chi connectivity index (χ4v) is 4.19. The third kappa shape index (κ3) is 11.6. The van der Waals surface area contributed by atoms with Gasteiger partial charge in [0, 0.05) is 25.4 Å². The summed E-state index contributed by atoms with van der Waals surface area (Å²) in [6.07, 6.45) is 11.2. The minimum absolute atomic E-state index is 0.130. The molecule has 0 aliphatic carbocycles. The molecule has 0 aliphatic rings. The summed E-state index contributed by atoms with van der Waals surface area (Å²) in [5.41, 5.74) is 1.45. The highest BCUT2D eigenvalue weighted by Gasteiger charge is 2.21. The molecule has 10 nitrogen and oxygen atoms in total. The molecule has 0 aliphatic heterocycles. The van der Waals surface area contributed by atoms with Gasteiger partial charge in [0.25, 0.3) is 5.91 Å². The average Bonchev–Trinajstić information content (AvgIpc) is 3.01. The normalized spacial score (nSPS) is 10.9. The second-order valence-electron chi connectivity index (χ2n) is 10.1. The number of phenolic OH excluding ortho intramolecular Hbond substituents is 1. The van der Waals surface area contributed by atoms with Crippen LogP contribution in [0.1, 0.15) is 81.1 Å². The van der Waals surface area contributed by atoms with Crippen LogP contribution in [0.4, 0.5) is 11.4 Å². The van der Waals surface area contributed by atoms with Gasteiger partial charge in [-0.05, 0) is 54.8 Å². The molecule has 0 atom stereocenters. The molecule has 0 unspecified atom stereocenters. The summed E-state index contributed by atoms with van der Waals surface area (Å²) in [6.45, 7) is 4.80. The topological polar surface area (TPSA) is 124 Å². The van der Waals surface area contributed by atoms with Gasteiger partial charge >= 0.3 is 5.97 Å². The van der Waals surface area contributed by atoms with Crippen molar-refractivity contribution in [2.45, 2.75) is 65.2 Å². The van der Waals surface area contributed by atoms with Crippen molar-refractivity contribution in [2.24, 2.45) is 0 Å². The molecule has 2 aromatic carbocycles. The van der Waals surface area contributed by atoms with Gasteiger partial charge in [-0.1, -0.05) is 52.4 Å². The zero-order chi connectivity index (χ0) is 31.6. The first kappa shape index (κ1) is 35.1. The number of ether oxygens (including phenoxy) is 4. The van der Waals surface area contributed by atoms with E-state index in [1.165, 1.54) is 56.6 Å². The van der Waals surface area contributed by atoms with Crippen molar-refractivity contribution in [3.8, 4) is 17.2 Å². The van der Waals surface area contributed by atoms with Crippen molar-refractivity contribution in [1.82, 2.24) is 0 Å². The Kier molecular flexibility index (Phi) is 15.7. The van der Waals surface area contributed by atoms with Crippen LogP contribution in [0.5, 0.6) is 17.2 Å². The minimum Gasteiger partial charge on any atom is -0.502 e. The number of benzene rings is 2. The molecule has 0 saturated heterocycles. The first-order chi connectivity index (χ1) is 20.7. The Bertz CT molecular complexity index is 1200. The number of esters is 1. The van der Waals surface area contributed by atoms with E-state index in [-0.39, 0.29) is 41.9 Å². The van der Waals surface area contributed by atoms with E-state index in [1.54, 1.807) is 31.3 Å². The van der Waals surface area contributed by atoms with Crippen molar-refractivity contribution in [1.29, 1.82) is 0 Å². The fraction of sp³-hybridized carbons (Fsp3) is 0.485. The van der Waals surface area contributed by atoms with Crippen LogP contribution in [0.3, 0.4) is 0 Å². The van der Waals surface area contributed by atoms with E-state index in [0.29, 0.717) is 23.5 Å². The molecule has 0 saturated carbocycles. The maximum Gasteiger partial charge on any atom is 0.340 e. The van der Waals surface area contributed by atoms with Gasteiger partial charge in [0.05, 0.1) is 32.1 Å². The Balaban J connectivity index is 2.15. The zero-order valence-corrected chi connectivity index (χ0v) is 26.1. The number of nitrogens with one attached hydrogen (secondary N) is 1. The third-order valence-corrected chi connectivity index (χ3v) is 6.75. The molecular formula is C33H46N2O8. The van der Waals surface area contributed by atoms with Crippen LogP contribution in [-0.4, -0.2) is 64.0 Å². The van der Waals surface area contributed by atoms with Crippen molar-refractivity contribution in [3.05, 3.63) is 47.5 Å². The van der Waals surface area contributed by atoms with E-state index in [2.05, 4.69) is 12.2 Å². The number of hydrogen-bond acceptors (Lipinski definition) is 8. The molecule has 0 fully saturated rings. The van der Waals surface area contributed by atoms with Crippen molar-refractivity contribution >= 4 is 35.2 Å². The van der Waals surface area contributed by atoms with Crippen LogP contribution in [0, 0.1) is 0 Å². The molecule has 0 heterocycles. The third-order valence-electron chi connectivity index (χ3n) is 6.75. The van der Waals surface area contributed by atoms with Gasteiger partial charge in [-0.3, -0.25) is 9.59 Å². The number of carbonyl (C=O) groups excluding carboxylic acids is 3. The molecule has 43 heavy (non-hydrogen) atoms. The first-order valence-electron chi connectivity index (χ1n) is 14.8. The molecule has 0 bridgehead atoms. The molecule has 2 aromatic rings. The van der Waals surface area contributed by atoms with Crippen LogP contribution in [0.15, 0.2) is 36.4 Å². The Morgan fingerprint density at radius 3 is 2.19 bits per heavy atom. The highest BCUT2D eigenvalue weighted by molar-refractivity contribution is 6.06. The number of phenols is 1. The lowest BCUT2D eigenvalue weighted by Gasteiger charge is -2.21. The smallest absolute Gasteiger partial charge is 0.340 e. The van der Waals surface area contributed by atoms with Gasteiger partial charge in [-0.2, -0.15) is 0 Å². The molecule has 2 N–H and O–H groups in total. The van der Waals surface area contributed by atoms with Gasteiger partial charge in [0.15, 0.2) is 11.5 Å². The maximum atomic E-state index is 13.0. The molecule has 0 radical (unpaired) electrons. The van der Waals surface area contributed by atoms with Crippen LogP contribution in [0.25, 0.3) is 6.08 Å². The summed E-state index contributed by atoms with van der Waals surface area (Å²) in [5.74, 6) is -1.06. The summed E-state index contributed by atoms with van der Waals surface area (Å²) < 4.78 is 21.3. The van der Waals surface area contributed by atoms with E-state index in [4.69, 9.17) is 18.9 Å². The standard InChI is InChI=1S/C33H46N2O8/c1-6-8-10-11-12-13-18-42-23-31(37)35(3)27-22-25(15-16-26(27)33(39)43-19-9-7-2)34-30(36)17-14-24-20-28(40-4)32(38)29(21-24)41-5/h14-17,20-22,38H,6-13,18-19,23H2,1-5H3,(H,34,36)/b17-14+. The molecule has 10 heteroatoms. The van der Waals surface area contributed by atoms with E-state index >= 15 is 0 Å². The van der Waals surface area contributed by atoms with Crippen molar-refractivity contribution in [3.63, 3.8) is 0 Å². The van der Waals surface area contributed by atoms with Gasteiger partial charge in [-0.15, -0.1) is 0 Å². The van der Waals surface area contributed by atoms with Gasteiger partial charge < -0.3 is 34.3 Å². The lowest BCUT2D eigenvalue weighted by Crippen LogP contribution is -2.32. The van der Waals surface area contributed by atoms with Crippen molar-refractivity contribution < 1.29 is 38.4 Å². The number of methoxy groups -OCH3 is 2. The SMILES string of the molecule is CCCCCCCCOCC(=O)N(C)c1cc(NC(=O)/C=C/c2cc(OC)c(O)c(OC)c2)ccc1C(=O)OCCCC. The first-order valence-corrected chi connectivity index (χ1v) is 14.8. The number of nitrogens with zero attached hydrogens (tertiary/aromatic N) is 1. The molecule has 0 aromatic heterocycles. The average molecular weight is 599 g/mol. The summed E-state index contributed by atoms with van der Waals surface area (Å²) >= 11 is 0. The van der Waals surface area contributed by atoms with Crippen LogP contribution in [-0.2, 0) is 19.1 Å². The number of rotatable bonds is 19. The monoisotopic (exact) mass is 598 g/mol. The van der Waals surface area contributed by atoms with Crippen molar-refractivity contribution in [2.75, 3.05) is 51.3 Å². The van der Waals surface area contributed by atoms with E-state index in [0.717, 1.165) is 32.1 Å². The lowest BCUT2D eigenvalue weighted by atomic mass is 10.1. The second kappa shape index (κ2) is 19.2. The summed E-state index contributed by atoms with van der Waals surface area (Å²) in [5, 5.41) is 12.9. The predicted octanol–water partition coefficient (Wildman–Crippen LogP) is 6.36. The lowest BCUT2D eigenvalue weighted by molar-refractivity contribution is -0.122.